The molecule has 1 aromatic carbocycles. The van der Waals surface area contributed by atoms with Gasteiger partial charge in [-0.3, -0.25) is 4.79 Å². The second-order valence-electron chi connectivity index (χ2n) is 6.13. The number of carbonyl (C=O) groups excluding carboxylic acids is 1. The molecule has 1 unspecified atom stereocenters. The summed E-state index contributed by atoms with van der Waals surface area (Å²) in [6.45, 7) is 6.48. The van der Waals surface area contributed by atoms with Gasteiger partial charge in [0.05, 0.1) is 24.0 Å². The van der Waals surface area contributed by atoms with Crippen molar-refractivity contribution >= 4 is 11.9 Å². The molecule has 0 spiro atoms. The van der Waals surface area contributed by atoms with Gasteiger partial charge in [-0.15, -0.1) is 0 Å². The number of hydrogen-bond donors (Lipinski definition) is 1. The second-order valence-corrected chi connectivity index (χ2v) is 6.13. The number of amides is 1. The second kappa shape index (κ2) is 6.43. The van der Waals surface area contributed by atoms with E-state index in [1.54, 1.807) is 0 Å². The Morgan fingerprint density at radius 1 is 1.42 bits per heavy atom. The van der Waals surface area contributed by atoms with E-state index in [-0.39, 0.29) is 17.9 Å². The molecule has 0 bridgehead atoms. The molecule has 0 saturated carbocycles. The van der Waals surface area contributed by atoms with E-state index in [0.29, 0.717) is 13.0 Å². The highest BCUT2D eigenvalue weighted by Gasteiger charge is 2.34. The molecule has 0 radical (unpaired) electrons. The van der Waals surface area contributed by atoms with E-state index in [9.17, 15) is 4.79 Å². The predicted molar refractivity (Wildman–Crippen MR) is 95.0 cm³/mol. The van der Waals surface area contributed by atoms with Crippen molar-refractivity contribution in [2.24, 2.45) is 0 Å². The fraction of sp³-hybridized carbons (Fsp3) is 0.316. The number of nitrogens with zero attached hydrogens (tertiary/aromatic N) is 3. The van der Waals surface area contributed by atoms with Crippen molar-refractivity contribution in [1.29, 1.82) is 0 Å². The Balaban J connectivity index is 2.03. The van der Waals surface area contributed by atoms with Gasteiger partial charge in [-0.05, 0) is 26.8 Å². The number of hydrogen-bond acceptors (Lipinski definition) is 4. The van der Waals surface area contributed by atoms with E-state index in [4.69, 9.17) is 5.73 Å². The quantitative estimate of drug-likeness (QED) is 0.879. The zero-order valence-electron chi connectivity index (χ0n) is 14.3. The van der Waals surface area contributed by atoms with Gasteiger partial charge in [0, 0.05) is 17.5 Å². The number of anilines is 1. The number of nitrogen functional groups attached to an aromatic ring is 1. The molecule has 0 saturated heterocycles. The van der Waals surface area contributed by atoms with Gasteiger partial charge < -0.3 is 10.6 Å². The Labute approximate surface area is 142 Å². The number of aromatic nitrogens is 2. The maximum Gasteiger partial charge on any atom is 0.227 e. The fourth-order valence-corrected chi connectivity index (χ4v) is 3.15. The van der Waals surface area contributed by atoms with Crippen molar-refractivity contribution in [1.82, 2.24) is 14.9 Å². The van der Waals surface area contributed by atoms with Crippen LogP contribution in [0.2, 0.25) is 0 Å². The number of nitrogens with two attached hydrogens (primary N) is 1. The number of carbonyl (C=O) groups is 1. The molecule has 5 heteroatoms. The molecule has 1 aliphatic rings. The normalized spacial score (nSPS) is 16.6. The molecule has 2 heterocycles. The zero-order chi connectivity index (χ0) is 17.3. The minimum absolute atomic E-state index is 0.0902. The van der Waals surface area contributed by atoms with Crippen LogP contribution in [-0.2, 0) is 11.3 Å². The molecule has 1 aliphatic heterocycles. The van der Waals surface area contributed by atoms with Crippen LogP contribution < -0.4 is 5.73 Å². The summed E-state index contributed by atoms with van der Waals surface area (Å²) in [5, 5.41) is 0. The largest absolute Gasteiger partial charge is 0.368 e. The van der Waals surface area contributed by atoms with E-state index >= 15 is 0 Å². The summed E-state index contributed by atoms with van der Waals surface area (Å²) < 4.78 is 0. The number of fused-ring (bicyclic) bond motifs is 1. The van der Waals surface area contributed by atoms with Gasteiger partial charge in [-0.25, -0.2) is 9.97 Å². The van der Waals surface area contributed by atoms with Gasteiger partial charge in [0.1, 0.15) is 0 Å². The molecule has 1 amide bonds. The SMILES string of the molecule is CC=CCC(=O)N1Cc2c(-c3cccc(C)c3)nc(N)nc2C1C. The van der Waals surface area contributed by atoms with Gasteiger partial charge >= 0.3 is 0 Å². The first-order valence-corrected chi connectivity index (χ1v) is 8.15. The lowest BCUT2D eigenvalue weighted by atomic mass is 10.0. The maximum absolute atomic E-state index is 12.5. The minimum Gasteiger partial charge on any atom is -0.368 e. The molecule has 1 atom stereocenters. The molecule has 3 rings (SSSR count). The van der Waals surface area contributed by atoms with Crippen LogP contribution in [0.15, 0.2) is 36.4 Å². The fourth-order valence-electron chi connectivity index (χ4n) is 3.15. The summed E-state index contributed by atoms with van der Waals surface area (Å²) in [6.07, 6.45) is 4.17. The lowest BCUT2D eigenvalue weighted by Gasteiger charge is -2.20. The van der Waals surface area contributed by atoms with Crippen molar-refractivity contribution < 1.29 is 4.79 Å². The number of aryl methyl sites for hydroxylation is 1. The third kappa shape index (κ3) is 2.89. The Morgan fingerprint density at radius 3 is 2.92 bits per heavy atom. The first-order valence-electron chi connectivity index (χ1n) is 8.15. The Bertz CT molecular complexity index is 813. The molecule has 2 N–H and O–H groups in total. The summed E-state index contributed by atoms with van der Waals surface area (Å²) in [5.74, 6) is 0.340. The van der Waals surface area contributed by atoms with E-state index in [2.05, 4.69) is 16.0 Å². The molecule has 2 aromatic rings. The highest BCUT2D eigenvalue weighted by Crippen LogP contribution is 2.38. The smallest absolute Gasteiger partial charge is 0.227 e. The number of allylic oxidation sites excluding steroid dienone is 1. The molecule has 124 valence electrons. The summed E-state index contributed by atoms with van der Waals surface area (Å²) in [5.41, 5.74) is 10.8. The van der Waals surface area contributed by atoms with Gasteiger partial charge in [0.2, 0.25) is 11.9 Å². The van der Waals surface area contributed by atoms with Crippen LogP contribution >= 0.6 is 0 Å². The molecule has 24 heavy (non-hydrogen) atoms. The van der Waals surface area contributed by atoms with Crippen LogP contribution in [0.25, 0.3) is 11.3 Å². The number of rotatable bonds is 3. The van der Waals surface area contributed by atoms with Crippen molar-refractivity contribution in [3.05, 3.63) is 53.2 Å². The predicted octanol–water partition coefficient (Wildman–Crippen LogP) is 3.40. The van der Waals surface area contributed by atoms with Crippen LogP contribution in [0.4, 0.5) is 5.95 Å². The van der Waals surface area contributed by atoms with Crippen molar-refractivity contribution in [3.8, 4) is 11.3 Å². The monoisotopic (exact) mass is 322 g/mol. The standard InChI is InChI=1S/C19H22N4O/c1-4-5-9-16(24)23-11-15-17(13(23)3)21-19(20)22-18(15)14-8-6-7-12(2)10-14/h4-8,10,13H,9,11H2,1-3H3,(H2,20,21,22). The van der Waals surface area contributed by atoms with Gasteiger partial charge in [-0.2, -0.15) is 0 Å². The third-order valence-corrected chi connectivity index (χ3v) is 4.39. The number of benzene rings is 1. The van der Waals surface area contributed by atoms with Crippen molar-refractivity contribution in [3.63, 3.8) is 0 Å². The lowest BCUT2D eigenvalue weighted by Crippen LogP contribution is -2.27. The topological polar surface area (TPSA) is 72.1 Å². The first-order chi connectivity index (χ1) is 11.5. The van der Waals surface area contributed by atoms with Crippen LogP contribution in [0.3, 0.4) is 0 Å². The van der Waals surface area contributed by atoms with Gasteiger partial charge in [0.25, 0.3) is 0 Å². The zero-order valence-corrected chi connectivity index (χ0v) is 14.3. The third-order valence-electron chi connectivity index (χ3n) is 4.39. The maximum atomic E-state index is 12.5. The summed E-state index contributed by atoms with van der Waals surface area (Å²) >= 11 is 0. The molecule has 0 fully saturated rings. The Morgan fingerprint density at radius 2 is 2.21 bits per heavy atom. The summed E-state index contributed by atoms with van der Waals surface area (Å²) in [4.78, 5) is 23.2. The average molecular weight is 322 g/mol. The van der Waals surface area contributed by atoms with Crippen molar-refractivity contribution in [2.45, 2.75) is 39.8 Å². The van der Waals surface area contributed by atoms with E-state index < -0.39 is 0 Å². The average Bonchev–Trinajstić information content (AvgIpc) is 2.89. The van der Waals surface area contributed by atoms with E-state index in [0.717, 1.165) is 28.1 Å². The summed E-state index contributed by atoms with van der Waals surface area (Å²) in [7, 11) is 0. The minimum atomic E-state index is -0.0911. The van der Waals surface area contributed by atoms with Crippen LogP contribution in [0.1, 0.15) is 43.1 Å². The van der Waals surface area contributed by atoms with Crippen LogP contribution in [0.5, 0.6) is 0 Å². The Hall–Kier alpha value is -2.69. The van der Waals surface area contributed by atoms with Crippen molar-refractivity contribution in [2.75, 3.05) is 5.73 Å². The van der Waals surface area contributed by atoms with E-state index in [1.807, 2.05) is 56.0 Å². The van der Waals surface area contributed by atoms with E-state index in [1.165, 1.54) is 0 Å². The molecular formula is C19H22N4O. The summed E-state index contributed by atoms with van der Waals surface area (Å²) in [6, 6.07) is 8.06. The van der Waals surface area contributed by atoms with Crippen LogP contribution in [0, 0.1) is 6.92 Å². The molecule has 0 aliphatic carbocycles. The van der Waals surface area contributed by atoms with Crippen LogP contribution in [-0.4, -0.2) is 20.8 Å². The first kappa shape index (κ1) is 16.2. The van der Waals surface area contributed by atoms with Gasteiger partial charge in [0.15, 0.2) is 0 Å². The lowest BCUT2D eigenvalue weighted by molar-refractivity contribution is -0.132. The molecular weight excluding hydrogens is 300 g/mol. The van der Waals surface area contributed by atoms with Gasteiger partial charge in [-0.1, -0.05) is 35.9 Å². The highest BCUT2D eigenvalue weighted by atomic mass is 16.2. The molecule has 5 nitrogen and oxygen atoms in total. The Kier molecular flexibility index (Phi) is 4.34. The molecule has 1 aromatic heterocycles. The highest BCUT2D eigenvalue weighted by molar-refractivity contribution is 5.80.